The summed E-state index contributed by atoms with van der Waals surface area (Å²) in [6.07, 6.45) is -0.605. The van der Waals surface area contributed by atoms with Gasteiger partial charge < -0.3 is 14.9 Å². The summed E-state index contributed by atoms with van der Waals surface area (Å²) in [5, 5.41) is 18.5. The van der Waals surface area contributed by atoms with E-state index in [0.717, 1.165) is 0 Å². The van der Waals surface area contributed by atoms with Crippen molar-refractivity contribution in [2.24, 2.45) is 0 Å². The molecule has 0 aromatic heterocycles. The highest BCUT2D eigenvalue weighted by Gasteiger charge is 2.19. The zero-order valence-electron chi connectivity index (χ0n) is 11.3. The summed E-state index contributed by atoms with van der Waals surface area (Å²) < 4.78 is 5.25. The number of ether oxygens (including phenoxy) is 1. The highest BCUT2D eigenvalue weighted by molar-refractivity contribution is 6.02. The molecular weight excluding hydrogens is 272 g/mol. The number of benzene rings is 2. The largest absolute Gasteiger partial charge is 0.508 e. The third-order valence-corrected chi connectivity index (χ3v) is 3.00. The Bertz CT molecular complexity index is 678. The molecule has 2 rings (SSSR count). The number of aromatic hydroxyl groups is 1. The Morgan fingerprint density at radius 3 is 2.33 bits per heavy atom. The predicted octanol–water partition coefficient (Wildman–Crippen LogP) is 3.01. The Hall–Kier alpha value is -2.82. The molecule has 0 radical (unpaired) electrons. The average molecular weight is 286 g/mol. The second kappa shape index (κ2) is 6.09. The lowest BCUT2D eigenvalue weighted by Crippen LogP contribution is -2.13. The lowest BCUT2D eigenvalue weighted by Gasteiger charge is -2.14. The highest BCUT2D eigenvalue weighted by Crippen LogP contribution is 2.22. The Labute approximate surface area is 121 Å². The molecule has 0 aliphatic heterocycles. The number of rotatable bonds is 4. The van der Waals surface area contributed by atoms with Crippen LogP contribution in [0.2, 0.25) is 0 Å². The zero-order chi connectivity index (χ0) is 15.4. The molecule has 1 atom stereocenters. The second-order valence-electron chi connectivity index (χ2n) is 4.49. The third-order valence-electron chi connectivity index (χ3n) is 3.00. The number of carboxylic acids is 1. The first-order chi connectivity index (χ1) is 9.99. The molecule has 0 saturated heterocycles. The summed E-state index contributed by atoms with van der Waals surface area (Å²) in [7, 11) is 0. The standard InChI is InChI=1S/C16H14O5/c1-10(11-5-4-6-12(17)9-11)21-16(20)14-8-3-2-7-13(14)15(18)19/h2-10,17H,1H3,(H,18,19)/t10-/m1/s1. The van der Waals surface area contributed by atoms with Gasteiger partial charge in [0.25, 0.3) is 0 Å². The molecule has 0 spiro atoms. The van der Waals surface area contributed by atoms with Gasteiger partial charge in [0.15, 0.2) is 0 Å². The molecule has 0 bridgehead atoms. The van der Waals surface area contributed by atoms with Gasteiger partial charge in [-0.25, -0.2) is 9.59 Å². The molecule has 2 aromatic rings. The molecule has 0 fully saturated rings. The molecule has 108 valence electrons. The Morgan fingerprint density at radius 1 is 1.05 bits per heavy atom. The molecule has 0 amide bonds. The van der Waals surface area contributed by atoms with Gasteiger partial charge in [-0.05, 0) is 36.8 Å². The molecular formula is C16H14O5. The Kier molecular flexibility index (Phi) is 4.23. The first-order valence-electron chi connectivity index (χ1n) is 6.31. The summed E-state index contributed by atoms with van der Waals surface area (Å²) >= 11 is 0. The van der Waals surface area contributed by atoms with Gasteiger partial charge in [0.2, 0.25) is 0 Å². The molecule has 0 saturated carbocycles. The van der Waals surface area contributed by atoms with Crippen molar-refractivity contribution in [3.8, 4) is 5.75 Å². The summed E-state index contributed by atoms with van der Waals surface area (Å²) in [6, 6.07) is 12.2. The quantitative estimate of drug-likeness (QED) is 0.844. The van der Waals surface area contributed by atoms with Crippen molar-refractivity contribution >= 4 is 11.9 Å². The van der Waals surface area contributed by atoms with Gasteiger partial charge in [0.05, 0.1) is 11.1 Å². The average Bonchev–Trinajstić information content (AvgIpc) is 2.47. The first kappa shape index (κ1) is 14.6. The molecule has 0 unspecified atom stereocenters. The molecule has 21 heavy (non-hydrogen) atoms. The molecule has 0 heterocycles. The lowest BCUT2D eigenvalue weighted by molar-refractivity contribution is 0.0331. The fraction of sp³-hybridized carbons (Fsp3) is 0.125. The molecule has 5 nitrogen and oxygen atoms in total. The van der Waals surface area contributed by atoms with E-state index >= 15 is 0 Å². The van der Waals surface area contributed by atoms with Crippen molar-refractivity contribution in [3.63, 3.8) is 0 Å². The number of phenolic OH excluding ortho intramolecular Hbond substituents is 1. The summed E-state index contributed by atoms with van der Waals surface area (Å²) in [6.45, 7) is 1.65. The fourth-order valence-corrected chi connectivity index (χ4v) is 1.92. The van der Waals surface area contributed by atoms with Gasteiger partial charge in [0.1, 0.15) is 11.9 Å². The summed E-state index contributed by atoms with van der Waals surface area (Å²) in [5.41, 5.74) is 0.513. The number of aromatic carboxylic acids is 1. The molecule has 2 aromatic carbocycles. The van der Waals surface area contributed by atoms with Crippen molar-refractivity contribution in [1.29, 1.82) is 0 Å². The number of esters is 1. The molecule has 5 heteroatoms. The smallest absolute Gasteiger partial charge is 0.339 e. The fourth-order valence-electron chi connectivity index (χ4n) is 1.92. The molecule has 0 aliphatic rings. The van der Waals surface area contributed by atoms with Crippen LogP contribution in [-0.4, -0.2) is 22.2 Å². The number of carbonyl (C=O) groups excluding carboxylic acids is 1. The summed E-state index contributed by atoms with van der Waals surface area (Å²) in [4.78, 5) is 23.2. The van der Waals surface area contributed by atoms with Crippen molar-refractivity contribution in [2.75, 3.05) is 0 Å². The number of phenols is 1. The topological polar surface area (TPSA) is 83.8 Å². The maximum atomic E-state index is 12.1. The van der Waals surface area contributed by atoms with Crippen LogP contribution in [0.4, 0.5) is 0 Å². The van der Waals surface area contributed by atoms with E-state index in [0.29, 0.717) is 5.56 Å². The summed E-state index contributed by atoms with van der Waals surface area (Å²) in [5.74, 6) is -1.84. The minimum absolute atomic E-state index is 0.00277. The minimum atomic E-state index is -1.19. The van der Waals surface area contributed by atoms with Crippen molar-refractivity contribution in [2.45, 2.75) is 13.0 Å². The van der Waals surface area contributed by atoms with E-state index in [1.54, 1.807) is 31.2 Å². The SMILES string of the molecule is C[C@@H](OC(=O)c1ccccc1C(=O)O)c1cccc(O)c1. The van der Waals surface area contributed by atoms with E-state index in [-0.39, 0.29) is 16.9 Å². The lowest BCUT2D eigenvalue weighted by atomic mass is 10.1. The maximum Gasteiger partial charge on any atom is 0.339 e. The van der Waals surface area contributed by atoms with E-state index in [2.05, 4.69) is 0 Å². The van der Waals surface area contributed by atoms with Gasteiger partial charge in [-0.15, -0.1) is 0 Å². The first-order valence-corrected chi connectivity index (χ1v) is 6.31. The van der Waals surface area contributed by atoms with Gasteiger partial charge in [-0.1, -0.05) is 24.3 Å². The van der Waals surface area contributed by atoms with Crippen LogP contribution in [0.15, 0.2) is 48.5 Å². The highest BCUT2D eigenvalue weighted by atomic mass is 16.5. The normalized spacial score (nSPS) is 11.7. The maximum absolute atomic E-state index is 12.1. The monoisotopic (exact) mass is 286 g/mol. The number of carboxylic acid groups (broad SMARTS) is 1. The minimum Gasteiger partial charge on any atom is -0.508 e. The predicted molar refractivity (Wildman–Crippen MR) is 75.3 cm³/mol. The van der Waals surface area contributed by atoms with Crippen LogP contribution >= 0.6 is 0 Å². The number of carbonyl (C=O) groups is 2. The van der Waals surface area contributed by atoms with Gasteiger partial charge in [-0.2, -0.15) is 0 Å². The van der Waals surface area contributed by atoms with Crippen LogP contribution in [0.5, 0.6) is 5.75 Å². The van der Waals surface area contributed by atoms with Crippen molar-refractivity contribution in [1.82, 2.24) is 0 Å². The van der Waals surface area contributed by atoms with E-state index in [4.69, 9.17) is 9.84 Å². The number of hydrogen-bond donors (Lipinski definition) is 2. The van der Waals surface area contributed by atoms with E-state index in [1.165, 1.54) is 24.3 Å². The Balaban J connectivity index is 2.20. The van der Waals surface area contributed by atoms with Gasteiger partial charge in [-0.3, -0.25) is 0 Å². The second-order valence-corrected chi connectivity index (χ2v) is 4.49. The zero-order valence-corrected chi connectivity index (χ0v) is 11.3. The number of hydrogen-bond acceptors (Lipinski definition) is 4. The molecule has 0 aliphatic carbocycles. The van der Waals surface area contributed by atoms with E-state index in [9.17, 15) is 14.7 Å². The Morgan fingerprint density at radius 2 is 1.71 bits per heavy atom. The van der Waals surface area contributed by atoms with Gasteiger partial charge in [0, 0.05) is 0 Å². The van der Waals surface area contributed by atoms with E-state index < -0.39 is 18.0 Å². The van der Waals surface area contributed by atoms with Crippen molar-refractivity contribution < 1.29 is 24.5 Å². The van der Waals surface area contributed by atoms with Crippen LogP contribution in [0.25, 0.3) is 0 Å². The van der Waals surface area contributed by atoms with Gasteiger partial charge >= 0.3 is 11.9 Å². The van der Waals surface area contributed by atoms with Crippen LogP contribution < -0.4 is 0 Å². The van der Waals surface area contributed by atoms with Crippen LogP contribution in [0, 0.1) is 0 Å². The molecule has 2 N–H and O–H groups in total. The van der Waals surface area contributed by atoms with Crippen LogP contribution in [-0.2, 0) is 4.74 Å². The van der Waals surface area contributed by atoms with E-state index in [1.807, 2.05) is 0 Å². The van der Waals surface area contributed by atoms with Crippen LogP contribution in [0.1, 0.15) is 39.3 Å². The van der Waals surface area contributed by atoms with Crippen molar-refractivity contribution in [3.05, 3.63) is 65.2 Å². The third kappa shape index (κ3) is 3.39. The van der Waals surface area contributed by atoms with Crippen LogP contribution in [0.3, 0.4) is 0 Å².